The standard InChI is InChI=1S/C16H18ClNO5S/c1-3-18(2)24(21,22)15-9-11(17)7-8-14(15)16(20)23-13-6-4-5-12(19)10-13/h7-10H,3-6H2,1-2H3. The molecule has 0 fully saturated rings. The highest BCUT2D eigenvalue weighted by Gasteiger charge is 2.28. The van der Waals surface area contributed by atoms with Gasteiger partial charge in [-0.1, -0.05) is 18.5 Å². The molecular weight excluding hydrogens is 354 g/mol. The van der Waals surface area contributed by atoms with Gasteiger partial charge in [0.2, 0.25) is 10.0 Å². The maximum absolute atomic E-state index is 12.6. The lowest BCUT2D eigenvalue weighted by Gasteiger charge is -2.18. The van der Waals surface area contributed by atoms with Gasteiger partial charge in [0, 0.05) is 37.5 Å². The van der Waals surface area contributed by atoms with Crippen LogP contribution < -0.4 is 0 Å². The Kier molecular flexibility index (Phi) is 5.79. The van der Waals surface area contributed by atoms with Crippen LogP contribution in [0.4, 0.5) is 0 Å². The third kappa shape index (κ3) is 4.03. The van der Waals surface area contributed by atoms with Gasteiger partial charge in [0.05, 0.1) is 10.5 Å². The molecule has 24 heavy (non-hydrogen) atoms. The highest BCUT2D eigenvalue weighted by Crippen LogP contribution is 2.26. The number of nitrogens with zero attached hydrogens (tertiary/aromatic N) is 1. The molecule has 130 valence electrons. The maximum atomic E-state index is 12.6. The largest absolute Gasteiger partial charge is 0.427 e. The number of carbonyl (C=O) groups is 2. The first-order valence-electron chi connectivity index (χ1n) is 7.47. The summed E-state index contributed by atoms with van der Waals surface area (Å²) < 4.78 is 31.5. The second kappa shape index (κ2) is 7.46. The fourth-order valence-electron chi connectivity index (χ4n) is 2.23. The molecule has 1 aromatic rings. The molecule has 0 amide bonds. The van der Waals surface area contributed by atoms with E-state index in [1.165, 1.54) is 31.3 Å². The van der Waals surface area contributed by atoms with Crippen LogP contribution >= 0.6 is 11.6 Å². The molecular formula is C16H18ClNO5S. The number of carbonyl (C=O) groups excluding carboxylic acids is 2. The Morgan fingerprint density at radius 3 is 2.67 bits per heavy atom. The van der Waals surface area contributed by atoms with Crippen LogP contribution in [0.1, 0.15) is 36.5 Å². The Morgan fingerprint density at radius 2 is 2.04 bits per heavy atom. The average molecular weight is 372 g/mol. The van der Waals surface area contributed by atoms with E-state index >= 15 is 0 Å². The van der Waals surface area contributed by atoms with Crippen molar-refractivity contribution in [1.29, 1.82) is 0 Å². The van der Waals surface area contributed by atoms with E-state index in [0.29, 0.717) is 19.3 Å². The Labute approximate surface area is 146 Å². The van der Waals surface area contributed by atoms with Crippen LogP contribution in [0.15, 0.2) is 34.9 Å². The predicted octanol–water partition coefficient (Wildman–Crippen LogP) is 2.77. The minimum atomic E-state index is -3.88. The maximum Gasteiger partial charge on any atom is 0.344 e. The van der Waals surface area contributed by atoms with Crippen molar-refractivity contribution >= 4 is 33.4 Å². The first-order chi connectivity index (χ1) is 11.3. The summed E-state index contributed by atoms with van der Waals surface area (Å²) in [7, 11) is -2.47. The van der Waals surface area contributed by atoms with E-state index in [1.807, 2.05) is 0 Å². The summed E-state index contributed by atoms with van der Waals surface area (Å²) in [5, 5.41) is 0.196. The molecule has 0 saturated carbocycles. The van der Waals surface area contributed by atoms with Gasteiger partial charge in [0.1, 0.15) is 5.76 Å². The quantitative estimate of drug-likeness (QED) is 0.743. The van der Waals surface area contributed by atoms with Crippen LogP contribution in [-0.4, -0.2) is 38.1 Å². The number of rotatable bonds is 5. The Bertz CT molecular complexity index is 801. The van der Waals surface area contributed by atoms with Gasteiger partial charge < -0.3 is 4.74 Å². The summed E-state index contributed by atoms with van der Waals surface area (Å²) >= 11 is 5.90. The monoisotopic (exact) mass is 371 g/mol. The van der Waals surface area contributed by atoms with Gasteiger partial charge in [-0.3, -0.25) is 4.79 Å². The second-order valence-corrected chi connectivity index (χ2v) is 7.83. The number of halogens is 1. The summed E-state index contributed by atoms with van der Waals surface area (Å²) in [4.78, 5) is 23.6. The molecule has 0 bridgehead atoms. The Hall–Kier alpha value is -1.70. The summed E-state index contributed by atoms with van der Waals surface area (Å²) in [5.41, 5.74) is -0.112. The van der Waals surface area contributed by atoms with Gasteiger partial charge >= 0.3 is 5.97 Å². The summed E-state index contributed by atoms with van der Waals surface area (Å²) in [5.74, 6) is -0.687. The van der Waals surface area contributed by atoms with E-state index in [-0.39, 0.29) is 33.6 Å². The van der Waals surface area contributed by atoms with Gasteiger partial charge in [0.15, 0.2) is 5.78 Å². The van der Waals surface area contributed by atoms with Crippen molar-refractivity contribution < 1.29 is 22.7 Å². The number of hydrogen-bond acceptors (Lipinski definition) is 5. The molecule has 1 aliphatic rings. The summed E-state index contributed by atoms with van der Waals surface area (Å²) in [6.45, 7) is 1.92. The predicted molar refractivity (Wildman–Crippen MR) is 89.3 cm³/mol. The van der Waals surface area contributed by atoms with Crippen molar-refractivity contribution in [2.45, 2.75) is 31.1 Å². The highest BCUT2D eigenvalue weighted by atomic mass is 35.5. The zero-order chi connectivity index (χ0) is 17.9. The second-order valence-electron chi connectivity index (χ2n) is 5.38. The van der Waals surface area contributed by atoms with E-state index in [2.05, 4.69) is 0 Å². The van der Waals surface area contributed by atoms with Gasteiger partial charge in [-0.15, -0.1) is 0 Å². The number of benzene rings is 1. The lowest BCUT2D eigenvalue weighted by Crippen LogP contribution is -2.28. The number of esters is 1. The van der Waals surface area contributed by atoms with Gasteiger partial charge in [0.25, 0.3) is 0 Å². The van der Waals surface area contributed by atoms with Crippen LogP contribution in [0, 0.1) is 0 Å². The molecule has 0 atom stereocenters. The van der Waals surface area contributed by atoms with Crippen LogP contribution in [0.5, 0.6) is 0 Å². The van der Waals surface area contributed by atoms with Crippen molar-refractivity contribution in [3.05, 3.63) is 40.6 Å². The Balaban J connectivity index is 2.40. The zero-order valence-electron chi connectivity index (χ0n) is 13.4. The minimum Gasteiger partial charge on any atom is -0.427 e. The number of ether oxygens (including phenoxy) is 1. The molecule has 0 spiro atoms. The van der Waals surface area contributed by atoms with E-state index < -0.39 is 16.0 Å². The molecule has 0 unspecified atom stereocenters. The smallest absolute Gasteiger partial charge is 0.344 e. The highest BCUT2D eigenvalue weighted by molar-refractivity contribution is 7.89. The Morgan fingerprint density at radius 1 is 1.33 bits per heavy atom. The van der Waals surface area contributed by atoms with Crippen molar-refractivity contribution in [1.82, 2.24) is 4.31 Å². The minimum absolute atomic E-state index is 0.112. The summed E-state index contributed by atoms with van der Waals surface area (Å²) in [6, 6.07) is 3.95. The molecule has 2 rings (SSSR count). The molecule has 0 aromatic heterocycles. The van der Waals surface area contributed by atoms with Crippen LogP contribution in [0.2, 0.25) is 5.02 Å². The third-order valence-corrected chi connectivity index (χ3v) is 5.90. The molecule has 6 nitrogen and oxygen atoms in total. The molecule has 0 aliphatic heterocycles. The first-order valence-corrected chi connectivity index (χ1v) is 9.29. The van der Waals surface area contributed by atoms with Crippen LogP contribution in [0.25, 0.3) is 0 Å². The van der Waals surface area contributed by atoms with Crippen LogP contribution in [-0.2, 0) is 19.6 Å². The molecule has 0 heterocycles. The SMILES string of the molecule is CCN(C)S(=O)(=O)c1cc(Cl)ccc1C(=O)OC1=CC(=O)CCC1. The van der Waals surface area contributed by atoms with E-state index in [4.69, 9.17) is 16.3 Å². The number of hydrogen-bond donors (Lipinski definition) is 0. The fraction of sp³-hybridized carbons (Fsp3) is 0.375. The van der Waals surface area contributed by atoms with E-state index in [9.17, 15) is 18.0 Å². The van der Waals surface area contributed by atoms with Crippen molar-refractivity contribution in [2.75, 3.05) is 13.6 Å². The van der Waals surface area contributed by atoms with Gasteiger partial charge in [-0.2, -0.15) is 0 Å². The molecule has 1 aromatic carbocycles. The third-order valence-electron chi connectivity index (χ3n) is 3.69. The van der Waals surface area contributed by atoms with Crippen molar-refractivity contribution in [2.24, 2.45) is 0 Å². The van der Waals surface area contributed by atoms with Gasteiger partial charge in [-0.25, -0.2) is 17.5 Å². The average Bonchev–Trinajstić information content (AvgIpc) is 2.53. The number of ketones is 1. The lowest BCUT2D eigenvalue weighted by atomic mass is 10.1. The molecule has 0 radical (unpaired) electrons. The zero-order valence-corrected chi connectivity index (χ0v) is 15.0. The molecule has 8 heteroatoms. The van der Waals surface area contributed by atoms with E-state index in [1.54, 1.807) is 6.92 Å². The number of allylic oxidation sites excluding steroid dienone is 2. The van der Waals surface area contributed by atoms with Crippen LogP contribution in [0.3, 0.4) is 0 Å². The van der Waals surface area contributed by atoms with Crippen molar-refractivity contribution in [3.8, 4) is 0 Å². The van der Waals surface area contributed by atoms with Crippen molar-refractivity contribution in [3.63, 3.8) is 0 Å². The normalized spacial score (nSPS) is 15.3. The topological polar surface area (TPSA) is 80.8 Å². The molecule has 1 aliphatic carbocycles. The fourth-order valence-corrected chi connectivity index (χ4v) is 3.85. The van der Waals surface area contributed by atoms with Gasteiger partial charge in [-0.05, 0) is 24.6 Å². The molecule has 0 saturated heterocycles. The first kappa shape index (κ1) is 18.6. The summed E-state index contributed by atoms with van der Waals surface area (Å²) in [6.07, 6.45) is 2.76. The number of sulfonamides is 1. The lowest BCUT2D eigenvalue weighted by molar-refractivity contribution is -0.115. The molecule has 0 N–H and O–H groups in total. The van der Waals surface area contributed by atoms with E-state index in [0.717, 1.165) is 4.31 Å².